The van der Waals surface area contributed by atoms with Crippen LogP contribution in [0.25, 0.3) is 5.57 Å². The second-order valence-electron chi connectivity index (χ2n) is 4.79. The number of methoxy groups -OCH3 is 1. The van der Waals surface area contributed by atoms with E-state index in [0.717, 1.165) is 22.7 Å². The van der Waals surface area contributed by atoms with E-state index >= 15 is 0 Å². The van der Waals surface area contributed by atoms with Crippen molar-refractivity contribution in [2.24, 2.45) is 0 Å². The molecule has 1 heterocycles. The Kier molecular flexibility index (Phi) is 3.43. The number of carbonyl (C=O) groups is 1. The Morgan fingerprint density at radius 1 is 1.14 bits per heavy atom. The summed E-state index contributed by atoms with van der Waals surface area (Å²) in [6, 6.07) is 12.4. The van der Waals surface area contributed by atoms with Crippen LogP contribution in [0.3, 0.4) is 0 Å². The zero-order valence-corrected chi connectivity index (χ0v) is 12.4. The van der Waals surface area contributed by atoms with E-state index in [0.29, 0.717) is 16.2 Å². The molecule has 105 valence electrons. The Morgan fingerprint density at radius 3 is 2.52 bits per heavy atom. The fourth-order valence-electron chi connectivity index (χ4n) is 2.41. The van der Waals surface area contributed by atoms with Crippen molar-refractivity contribution in [3.05, 3.63) is 64.3 Å². The number of hydrogen-bond donors (Lipinski definition) is 0. The third-order valence-electron chi connectivity index (χ3n) is 3.46. The van der Waals surface area contributed by atoms with Gasteiger partial charge in [0.1, 0.15) is 5.75 Å². The first-order valence-corrected chi connectivity index (χ1v) is 6.89. The van der Waals surface area contributed by atoms with Gasteiger partial charge >= 0.3 is 0 Å². The van der Waals surface area contributed by atoms with Crippen LogP contribution in [0.2, 0.25) is 5.02 Å². The van der Waals surface area contributed by atoms with Gasteiger partial charge in [-0.15, -0.1) is 0 Å². The summed E-state index contributed by atoms with van der Waals surface area (Å²) in [5.74, 6) is 0.683. The first kappa shape index (κ1) is 13.7. The number of hydrogen-bond acceptors (Lipinski definition) is 2. The summed E-state index contributed by atoms with van der Waals surface area (Å²) in [5.41, 5.74) is 3.57. The SMILES string of the molecule is COc1ccc2c(c1)[N]C(C)=C2C(=O)c1ccc(Cl)cc1. The molecular formula is C17H13ClNO2. The van der Waals surface area contributed by atoms with E-state index in [4.69, 9.17) is 16.3 Å². The van der Waals surface area contributed by atoms with Crippen LogP contribution < -0.4 is 10.1 Å². The molecule has 0 aliphatic carbocycles. The van der Waals surface area contributed by atoms with Crippen molar-refractivity contribution < 1.29 is 9.53 Å². The van der Waals surface area contributed by atoms with Gasteiger partial charge < -0.3 is 4.74 Å². The van der Waals surface area contributed by atoms with E-state index in [2.05, 4.69) is 5.32 Å². The molecule has 2 aromatic rings. The van der Waals surface area contributed by atoms with Crippen LogP contribution in [0.4, 0.5) is 5.69 Å². The van der Waals surface area contributed by atoms with E-state index in [1.807, 2.05) is 25.1 Å². The number of Topliss-reactive ketones (excluding diaryl/α,β-unsaturated/α-hetero) is 1. The van der Waals surface area contributed by atoms with Crippen LogP contribution in [-0.2, 0) is 0 Å². The predicted octanol–water partition coefficient (Wildman–Crippen LogP) is 4.21. The summed E-state index contributed by atoms with van der Waals surface area (Å²) >= 11 is 5.86. The number of fused-ring (bicyclic) bond motifs is 1. The van der Waals surface area contributed by atoms with Gasteiger partial charge in [0, 0.05) is 27.9 Å². The quantitative estimate of drug-likeness (QED) is 0.796. The molecule has 2 aromatic carbocycles. The van der Waals surface area contributed by atoms with Crippen LogP contribution in [0.15, 0.2) is 48.2 Å². The second kappa shape index (κ2) is 5.26. The smallest absolute Gasteiger partial charge is 0.195 e. The molecule has 0 saturated heterocycles. The Hall–Kier alpha value is -2.26. The van der Waals surface area contributed by atoms with Crippen LogP contribution in [0.5, 0.6) is 5.75 Å². The molecule has 0 saturated carbocycles. The molecule has 0 fully saturated rings. The fourth-order valence-corrected chi connectivity index (χ4v) is 2.53. The number of rotatable bonds is 3. The minimum absolute atomic E-state index is 0.0446. The highest BCUT2D eigenvalue weighted by molar-refractivity contribution is 6.33. The van der Waals surface area contributed by atoms with E-state index < -0.39 is 0 Å². The van der Waals surface area contributed by atoms with Crippen molar-refractivity contribution >= 4 is 28.6 Å². The highest BCUT2D eigenvalue weighted by Crippen LogP contribution is 2.38. The fraction of sp³-hybridized carbons (Fsp3) is 0.118. The molecule has 1 aliphatic rings. The van der Waals surface area contributed by atoms with Gasteiger partial charge in [-0.1, -0.05) is 11.6 Å². The first-order chi connectivity index (χ1) is 10.1. The lowest BCUT2D eigenvalue weighted by Gasteiger charge is -2.06. The van der Waals surface area contributed by atoms with Crippen LogP contribution in [-0.4, -0.2) is 12.9 Å². The molecule has 0 aromatic heterocycles. The van der Waals surface area contributed by atoms with E-state index in [9.17, 15) is 4.79 Å². The van der Waals surface area contributed by atoms with Crippen molar-refractivity contribution in [1.29, 1.82) is 0 Å². The summed E-state index contributed by atoms with van der Waals surface area (Å²) in [5, 5.41) is 5.07. The van der Waals surface area contributed by atoms with Gasteiger partial charge in [-0.3, -0.25) is 10.1 Å². The summed E-state index contributed by atoms with van der Waals surface area (Å²) in [6.07, 6.45) is 0. The number of halogens is 1. The molecule has 0 unspecified atom stereocenters. The molecule has 1 aliphatic heterocycles. The molecule has 0 atom stereocenters. The number of ketones is 1. The molecule has 0 bridgehead atoms. The Labute approximate surface area is 128 Å². The summed E-state index contributed by atoms with van der Waals surface area (Å²) < 4.78 is 5.19. The summed E-state index contributed by atoms with van der Waals surface area (Å²) in [6.45, 7) is 1.84. The largest absolute Gasteiger partial charge is 0.497 e. The minimum Gasteiger partial charge on any atom is -0.497 e. The highest BCUT2D eigenvalue weighted by atomic mass is 35.5. The van der Waals surface area contributed by atoms with Crippen molar-refractivity contribution in [2.75, 3.05) is 7.11 Å². The zero-order valence-electron chi connectivity index (χ0n) is 11.7. The molecule has 4 heteroatoms. The summed E-state index contributed by atoms with van der Waals surface area (Å²) in [7, 11) is 1.61. The molecule has 3 rings (SSSR count). The Bertz CT molecular complexity index is 748. The average Bonchev–Trinajstić information content (AvgIpc) is 2.82. The van der Waals surface area contributed by atoms with Crippen molar-refractivity contribution in [2.45, 2.75) is 6.92 Å². The number of benzene rings is 2. The topological polar surface area (TPSA) is 40.4 Å². The van der Waals surface area contributed by atoms with Crippen molar-refractivity contribution in [3.63, 3.8) is 0 Å². The van der Waals surface area contributed by atoms with Gasteiger partial charge in [0.25, 0.3) is 0 Å². The van der Waals surface area contributed by atoms with Gasteiger partial charge in [-0.25, -0.2) is 0 Å². The number of carbonyl (C=O) groups excluding carboxylic acids is 1. The Balaban J connectivity index is 2.02. The van der Waals surface area contributed by atoms with Gasteiger partial charge in [0.2, 0.25) is 0 Å². The number of ether oxygens (including phenoxy) is 1. The maximum Gasteiger partial charge on any atom is 0.195 e. The third kappa shape index (κ3) is 2.41. The number of allylic oxidation sites excluding steroid dienone is 2. The van der Waals surface area contributed by atoms with Gasteiger partial charge in [-0.05, 0) is 43.3 Å². The van der Waals surface area contributed by atoms with Gasteiger partial charge in [0.05, 0.1) is 18.4 Å². The molecule has 0 N–H and O–H groups in total. The van der Waals surface area contributed by atoms with Gasteiger partial charge in [-0.2, -0.15) is 0 Å². The highest BCUT2D eigenvalue weighted by Gasteiger charge is 2.26. The monoisotopic (exact) mass is 298 g/mol. The normalized spacial score (nSPS) is 12.9. The average molecular weight is 299 g/mol. The van der Waals surface area contributed by atoms with E-state index in [-0.39, 0.29) is 5.78 Å². The van der Waals surface area contributed by atoms with Crippen LogP contribution in [0, 0.1) is 0 Å². The standard InChI is InChI=1S/C17H13ClNO2/c1-10-16(17(20)11-3-5-12(18)6-4-11)14-8-7-13(21-2)9-15(14)19-10/h3-9H,1-2H3. The first-order valence-electron chi connectivity index (χ1n) is 6.51. The molecule has 0 spiro atoms. The molecule has 3 nitrogen and oxygen atoms in total. The molecular weight excluding hydrogens is 286 g/mol. The third-order valence-corrected chi connectivity index (χ3v) is 3.71. The molecule has 1 radical (unpaired) electrons. The zero-order chi connectivity index (χ0) is 15.0. The Morgan fingerprint density at radius 2 is 1.86 bits per heavy atom. The lowest BCUT2D eigenvalue weighted by Crippen LogP contribution is -2.02. The lowest BCUT2D eigenvalue weighted by molar-refractivity contribution is 0.105. The predicted molar refractivity (Wildman–Crippen MR) is 83.2 cm³/mol. The van der Waals surface area contributed by atoms with E-state index in [1.165, 1.54) is 0 Å². The second-order valence-corrected chi connectivity index (χ2v) is 5.23. The van der Waals surface area contributed by atoms with Crippen LogP contribution in [0.1, 0.15) is 22.8 Å². The van der Waals surface area contributed by atoms with Crippen molar-refractivity contribution in [3.8, 4) is 5.75 Å². The summed E-state index contributed by atoms with van der Waals surface area (Å²) in [4.78, 5) is 12.7. The van der Waals surface area contributed by atoms with Crippen molar-refractivity contribution in [1.82, 2.24) is 5.32 Å². The minimum atomic E-state index is -0.0446. The van der Waals surface area contributed by atoms with Gasteiger partial charge in [0.15, 0.2) is 5.78 Å². The van der Waals surface area contributed by atoms with E-state index in [1.54, 1.807) is 31.4 Å². The maximum atomic E-state index is 12.7. The maximum absolute atomic E-state index is 12.7. The van der Waals surface area contributed by atoms with Crippen LogP contribution >= 0.6 is 11.6 Å². The molecule has 21 heavy (non-hydrogen) atoms. The molecule has 0 amide bonds. The lowest BCUT2D eigenvalue weighted by atomic mass is 9.96. The number of nitrogens with zero attached hydrogens (tertiary/aromatic N) is 1.